The van der Waals surface area contributed by atoms with Gasteiger partial charge in [0.25, 0.3) is 0 Å². The van der Waals surface area contributed by atoms with Gasteiger partial charge in [-0.2, -0.15) is 0 Å². The van der Waals surface area contributed by atoms with E-state index in [2.05, 4.69) is 18.7 Å². The van der Waals surface area contributed by atoms with Crippen molar-refractivity contribution in [2.24, 2.45) is 0 Å². The summed E-state index contributed by atoms with van der Waals surface area (Å²) < 4.78 is 5.36. The van der Waals surface area contributed by atoms with E-state index in [-0.39, 0.29) is 0 Å². The predicted molar refractivity (Wildman–Crippen MR) is 111 cm³/mol. The molecule has 3 rings (SSSR count). The highest BCUT2D eigenvalue weighted by Crippen LogP contribution is 2.31. The molecule has 5 heteroatoms. The van der Waals surface area contributed by atoms with Crippen LogP contribution in [0.15, 0.2) is 48.5 Å². The minimum Gasteiger partial charge on any atom is -0.497 e. The first-order valence-electron chi connectivity index (χ1n) is 9.20. The van der Waals surface area contributed by atoms with Crippen molar-refractivity contribution >= 4 is 22.5 Å². The van der Waals surface area contributed by atoms with Gasteiger partial charge in [0.15, 0.2) is 0 Å². The van der Waals surface area contributed by atoms with Crippen LogP contribution in [0.1, 0.15) is 25.5 Å². The summed E-state index contributed by atoms with van der Waals surface area (Å²) in [7, 11) is 1.64. The number of hydrogen-bond acceptors (Lipinski definition) is 4. The van der Waals surface area contributed by atoms with E-state index in [0.717, 1.165) is 46.6 Å². The predicted octanol–water partition coefficient (Wildman–Crippen LogP) is 4.94. The Morgan fingerprint density at radius 1 is 1.07 bits per heavy atom. The summed E-state index contributed by atoms with van der Waals surface area (Å²) in [5.41, 5.74) is 3.44. The molecule has 0 radical (unpaired) electrons. The Hall–Kier alpha value is -2.14. The molecule has 0 saturated heterocycles. The molecule has 3 aromatic rings. The van der Waals surface area contributed by atoms with Gasteiger partial charge < -0.3 is 14.7 Å². The van der Waals surface area contributed by atoms with Gasteiger partial charge in [-0.05, 0) is 49.0 Å². The zero-order chi connectivity index (χ0) is 19.4. The summed E-state index contributed by atoms with van der Waals surface area (Å²) in [4.78, 5) is 7.01. The number of methoxy groups -OCH3 is 1. The van der Waals surface area contributed by atoms with Crippen molar-refractivity contribution in [3.8, 4) is 17.0 Å². The summed E-state index contributed by atoms with van der Waals surface area (Å²) in [6.07, 6.45) is -0.602. The van der Waals surface area contributed by atoms with Crippen molar-refractivity contribution in [3.63, 3.8) is 0 Å². The molecular formula is C22H25ClN2O2. The van der Waals surface area contributed by atoms with E-state index in [0.29, 0.717) is 11.6 Å². The minimum atomic E-state index is -0.602. The third-order valence-electron chi connectivity index (χ3n) is 4.87. The third kappa shape index (κ3) is 4.41. The van der Waals surface area contributed by atoms with E-state index in [4.69, 9.17) is 21.3 Å². The highest BCUT2D eigenvalue weighted by atomic mass is 35.5. The topological polar surface area (TPSA) is 45.6 Å². The molecule has 142 valence electrons. The van der Waals surface area contributed by atoms with Crippen molar-refractivity contribution in [1.82, 2.24) is 9.88 Å². The van der Waals surface area contributed by atoms with E-state index in [9.17, 15) is 5.11 Å². The van der Waals surface area contributed by atoms with Gasteiger partial charge in [0.2, 0.25) is 0 Å². The van der Waals surface area contributed by atoms with Gasteiger partial charge >= 0.3 is 0 Å². The maximum absolute atomic E-state index is 11.0. The zero-order valence-corrected chi connectivity index (χ0v) is 16.7. The van der Waals surface area contributed by atoms with Gasteiger partial charge in [-0.3, -0.25) is 0 Å². The molecule has 0 bridgehead atoms. The Morgan fingerprint density at radius 3 is 2.41 bits per heavy atom. The second kappa shape index (κ2) is 8.70. The zero-order valence-electron chi connectivity index (χ0n) is 15.9. The molecule has 1 N–H and O–H groups in total. The van der Waals surface area contributed by atoms with Crippen LogP contribution in [0, 0.1) is 0 Å². The molecule has 2 aromatic carbocycles. The summed E-state index contributed by atoms with van der Waals surface area (Å²) in [6.45, 7) is 6.58. The molecule has 27 heavy (non-hydrogen) atoms. The summed E-state index contributed by atoms with van der Waals surface area (Å²) in [6, 6.07) is 15.3. The fourth-order valence-corrected chi connectivity index (χ4v) is 3.36. The second-order valence-corrected chi connectivity index (χ2v) is 6.92. The average molecular weight is 385 g/mol. The highest BCUT2D eigenvalue weighted by Gasteiger charge is 2.17. The lowest BCUT2D eigenvalue weighted by Crippen LogP contribution is -2.28. The summed E-state index contributed by atoms with van der Waals surface area (Å²) in [5, 5.41) is 12.6. The van der Waals surface area contributed by atoms with Crippen LogP contribution in [-0.2, 0) is 0 Å². The number of aliphatic hydroxyl groups is 1. The number of rotatable bonds is 7. The van der Waals surface area contributed by atoms with E-state index < -0.39 is 6.10 Å². The smallest absolute Gasteiger partial charge is 0.121 e. The van der Waals surface area contributed by atoms with Crippen molar-refractivity contribution in [2.75, 3.05) is 26.7 Å². The van der Waals surface area contributed by atoms with Crippen molar-refractivity contribution in [3.05, 3.63) is 59.1 Å². The van der Waals surface area contributed by atoms with Crippen LogP contribution in [0.25, 0.3) is 22.2 Å². The lowest BCUT2D eigenvalue weighted by atomic mass is 9.99. The molecule has 0 unspecified atom stereocenters. The average Bonchev–Trinajstić information content (AvgIpc) is 2.71. The Kier molecular flexibility index (Phi) is 6.32. The number of benzene rings is 2. The number of pyridine rings is 1. The number of aromatic nitrogens is 1. The number of fused-ring (bicyclic) bond motifs is 1. The van der Waals surface area contributed by atoms with Crippen molar-refractivity contribution in [1.29, 1.82) is 0 Å². The van der Waals surface area contributed by atoms with Gasteiger partial charge in [0, 0.05) is 28.6 Å². The number of hydrogen-bond donors (Lipinski definition) is 1. The molecule has 0 spiro atoms. The number of ether oxygens (including phenoxy) is 1. The van der Waals surface area contributed by atoms with Gasteiger partial charge in [-0.25, -0.2) is 4.98 Å². The van der Waals surface area contributed by atoms with E-state index in [1.165, 1.54) is 0 Å². The maximum atomic E-state index is 11.0. The molecular weight excluding hydrogens is 360 g/mol. The minimum absolute atomic E-state index is 0.582. The molecule has 1 heterocycles. The van der Waals surface area contributed by atoms with Crippen LogP contribution in [0.3, 0.4) is 0 Å². The first-order chi connectivity index (χ1) is 13.0. The molecule has 0 aliphatic carbocycles. The number of likely N-dealkylation sites (N-methyl/N-ethyl adjacent to an activating group) is 1. The van der Waals surface area contributed by atoms with E-state index in [1.807, 2.05) is 48.5 Å². The normalized spacial score (nSPS) is 12.5. The Labute approximate surface area is 165 Å². The standard InChI is InChI=1S/C22H25ClN2O2/c1-4-25(5-2)14-22(26)19-13-20(15-6-8-16(23)9-7-15)24-21-12-17(27-3)10-11-18(19)21/h6-13,22,26H,4-5,14H2,1-3H3/t22-/m0/s1. The highest BCUT2D eigenvalue weighted by molar-refractivity contribution is 6.30. The molecule has 0 aliphatic rings. The lowest BCUT2D eigenvalue weighted by Gasteiger charge is -2.23. The Balaban J connectivity index is 2.13. The van der Waals surface area contributed by atoms with Crippen LogP contribution in [0.4, 0.5) is 0 Å². The van der Waals surface area contributed by atoms with Crippen LogP contribution in [-0.4, -0.2) is 41.7 Å². The fourth-order valence-electron chi connectivity index (χ4n) is 3.23. The van der Waals surface area contributed by atoms with Crippen LogP contribution >= 0.6 is 11.6 Å². The molecule has 1 aromatic heterocycles. The van der Waals surface area contributed by atoms with Crippen molar-refractivity contribution in [2.45, 2.75) is 20.0 Å². The molecule has 0 saturated carbocycles. The van der Waals surface area contributed by atoms with Crippen LogP contribution < -0.4 is 4.74 Å². The van der Waals surface area contributed by atoms with E-state index in [1.54, 1.807) is 7.11 Å². The molecule has 4 nitrogen and oxygen atoms in total. The molecule has 0 aliphatic heterocycles. The summed E-state index contributed by atoms with van der Waals surface area (Å²) in [5.74, 6) is 0.743. The van der Waals surface area contributed by atoms with Gasteiger partial charge in [-0.1, -0.05) is 37.6 Å². The molecule has 0 fully saturated rings. The largest absolute Gasteiger partial charge is 0.497 e. The quantitative estimate of drug-likeness (QED) is 0.626. The number of halogens is 1. The number of aliphatic hydroxyl groups excluding tert-OH is 1. The third-order valence-corrected chi connectivity index (χ3v) is 5.13. The van der Waals surface area contributed by atoms with Crippen molar-refractivity contribution < 1.29 is 9.84 Å². The van der Waals surface area contributed by atoms with E-state index >= 15 is 0 Å². The van der Waals surface area contributed by atoms with Gasteiger partial charge in [0.1, 0.15) is 5.75 Å². The first-order valence-corrected chi connectivity index (χ1v) is 9.58. The lowest BCUT2D eigenvalue weighted by molar-refractivity contribution is 0.120. The number of nitrogens with zero attached hydrogens (tertiary/aromatic N) is 2. The Bertz CT molecular complexity index is 908. The molecule has 0 amide bonds. The monoisotopic (exact) mass is 384 g/mol. The maximum Gasteiger partial charge on any atom is 0.121 e. The second-order valence-electron chi connectivity index (χ2n) is 6.49. The summed E-state index contributed by atoms with van der Waals surface area (Å²) >= 11 is 6.02. The van der Waals surface area contributed by atoms with Crippen LogP contribution in [0.5, 0.6) is 5.75 Å². The first kappa shape index (κ1) is 19.6. The fraction of sp³-hybridized carbons (Fsp3) is 0.318. The SMILES string of the molecule is CCN(CC)C[C@H](O)c1cc(-c2ccc(Cl)cc2)nc2cc(OC)ccc12. The van der Waals surface area contributed by atoms with Gasteiger partial charge in [0.05, 0.1) is 24.4 Å². The van der Waals surface area contributed by atoms with Crippen LogP contribution in [0.2, 0.25) is 5.02 Å². The molecule has 1 atom stereocenters. The van der Waals surface area contributed by atoms with Gasteiger partial charge in [-0.15, -0.1) is 0 Å². The Morgan fingerprint density at radius 2 is 1.78 bits per heavy atom.